The van der Waals surface area contributed by atoms with Crippen LogP contribution in [0.25, 0.3) is 11.0 Å². The van der Waals surface area contributed by atoms with Crippen molar-refractivity contribution >= 4 is 34.3 Å². The largest absolute Gasteiger partial charge is 0.478 e. The van der Waals surface area contributed by atoms with Crippen molar-refractivity contribution < 1.29 is 32.5 Å². The zero-order valence-corrected chi connectivity index (χ0v) is 24.2. The fourth-order valence-electron chi connectivity index (χ4n) is 6.31. The number of halogens is 4. The Labute approximate surface area is 255 Å². The molecular weight excluding hydrogens is 599 g/mol. The Morgan fingerprint density at radius 1 is 1.14 bits per heavy atom. The molecule has 3 aliphatic heterocycles. The predicted molar refractivity (Wildman–Crippen MR) is 156 cm³/mol. The number of anilines is 1. The third-order valence-electron chi connectivity index (χ3n) is 8.76. The smallest absolute Gasteiger partial charge is 0.455 e. The maximum Gasteiger partial charge on any atom is 0.455 e. The molecule has 4 aromatic rings. The summed E-state index contributed by atoms with van der Waals surface area (Å²) in [5, 5.41) is 12.4. The van der Waals surface area contributed by atoms with E-state index in [-0.39, 0.29) is 34.1 Å². The minimum Gasteiger partial charge on any atom is -0.478 e. The Balaban J connectivity index is 1.10. The number of fused-ring (bicyclic) bond motifs is 2. The Hall–Kier alpha value is -3.87. The van der Waals surface area contributed by atoms with Gasteiger partial charge in [0.2, 0.25) is 0 Å². The lowest BCUT2D eigenvalue weighted by Crippen LogP contribution is -2.51. The topological polar surface area (TPSA) is 102 Å². The monoisotopic (exact) mass is 627 g/mol. The first-order valence-corrected chi connectivity index (χ1v) is 14.8. The first-order valence-electron chi connectivity index (χ1n) is 14.5. The van der Waals surface area contributed by atoms with Gasteiger partial charge in [-0.15, -0.1) is 0 Å². The number of imidazole rings is 1. The van der Waals surface area contributed by atoms with Gasteiger partial charge in [0.25, 0.3) is 0 Å². The summed E-state index contributed by atoms with van der Waals surface area (Å²) in [5.74, 6) is -0.0172. The summed E-state index contributed by atoms with van der Waals surface area (Å²) in [4.78, 5) is 22.7. The van der Waals surface area contributed by atoms with Crippen molar-refractivity contribution in [1.82, 2.24) is 19.4 Å². The fourth-order valence-corrected chi connectivity index (χ4v) is 6.42. The Bertz CT molecular complexity index is 1720. The van der Waals surface area contributed by atoms with E-state index in [4.69, 9.17) is 26.1 Å². The predicted octanol–water partition coefficient (Wildman–Crippen LogP) is 6.17. The molecule has 2 unspecified atom stereocenters. The van der Waals surface area contributed by atoms with Crippen molar-refractivity contribution in [3.63, 3.8) is 0 Å². The lowest BCUT2D eigenvalue weighted by atomic mass is 9.88. The highest BCUT2D eigenvalue weighted by Gasteiger charge is 2.63. The number of carboxylic acids is 1. The number of hydrogen-bond acceptors (Lipinski definition) is 7. The molecule has 0 bridgehead atoms. The molecule has 2 aromatic heterocycles. The summed E-state index contributed by atoms with van der Waals surface area (Å²) in [5.41, 5.74) is -0.338. The summed E-state index contributed by atoms with van der Waals surface area (Å²) in [6, 6.07) is 12.7. The second kappa shape index (κ2) is 10.9. The van der Waals surface area contributed by atoms with Gasteiger partial charge in [-0.05, 0) is 80.2 Å². The van der Waals surface area contributed by atoms with Crippen LogP contribution in [0.5, 0.6) is 5.75 Å². The third-order valence-corrected chi connectivity index (χ3v) is 8.98. The molecule has 44 heavy (non-hydrogen) atoms. The van der Waals surface area contributed by atoms with Crippen LogP contribution in [0, 0.1) is 0 Å². The van der Waals surface area contributed by atoms with Crippen LogP contribution in [0.2, 0.25) is 5.02 Å². The van der Waals surface area contributed by atoms with E-state index in [0.29, 0.717) is 38.5 Å². The highest BCUT2D eigenvalue weighted by atomic mass is 35.5. The zero-order valence-electron chi connectivity index (χ0n) is 23.5. The summed E-state index contributed by atoms with van der Waals surface area (Å²) in [6.07, 6.45) is -1.17. The number of nitrogens with one attached hydrogen (secondary N) is 1. The van der Waals surface area contributed by atoms with Crippen LogP contribution in [0.4, 0.5) is 18.9 Å². The van der Waals surface area contributed by atoms with E-state index < -0.39 is 17.9 Å². The van der Waals surface area contributed by atoms with Crippen LogP contribution in [0.15, 0.2) is 54.7 Å². The maximum absolute atomic E-state index is 14.6. The van der Waals surface area contributed by atoms with Crippen LogP contribution >= 0.6 is 11.6 Å². The number of carboxylic acid groups (broad SMARTS) is 1. The number of rotatable bonds is 7. The molecule has 0 aliphatic carbocycles. The third kappa shape index (κ3) is 5.04. The second-order valence-electron chi connectivity index (χ2n) is 11.5. The Kier molecular flexibility index (Phi) is 7.18. The van der Waals surface area contributed by atoms with E-state index in [9.17, 15) is 23.1 Å². The van der Waals surface area contributed by atoms with Crippen molar-refractivity contribution in [2.24, 2.45) is 0 Å². The van der Waals surface area contributed by atoms with Crippen LogP contribution in [0.1, 0.15) is 52.6 Å². The minimum absolute atomic E-state index is 0.0137. The van der Waals surface area contributed by atoms with E-state index in [1.165, 1.54) is 24.4 Å². The highest BCUT2D eigenvalue weighted by molar-refractivity contribution is 6.30. The molecule has 2 N–H and O–H groups in total. The van der Waals surface area contributed by atoms with Gasteiger partial charge in [0.05, 0.1) is 46.5 Å². The summed E-state index contributed by atoms with van der Waals surface area (Å²) in [6.45, 7) is 3.29. The quantitative estimate of drug-likeness (QED) is 0.251. The maximum atomic E-state index is 14.6. The number of para-hydroxylation sites is 1. The lowest BCUT2D eigenvalue weighted by Gasteiger charge is -2.33. The van der Waals surface area contributed by atoms with Gasteiger partial charge in [-0.3, -0.25) is 9.88 Å². The van der Waals surface area contributed by atoms with Gasteiger partial charge in [0.15, 0.2) is 0 Å². The van der Waals surface area contributed by atoms with Crippen molar-refractivity contribution in [1.29, 1.82) is 0 Å². The molecular formula is C31H29ClF3N5O4. The average molecular weight is 628 g/mol. The lowest BCUT2D eigenvalue weighted by molar-refractivity contribution is -0.239. The van der Waals surface area contributed by atoms with E-state index in [2.05, 4.69) is 19.8 Å². The molecule has 0 amide bonds. The van der Waals surface area contributed by atoms with Crippen LogP contribution in [0.3, 0.4) is 0 Å². The van der Waals surface area contributed by atoms with E-state index in [0.717, 1.165) is 41.7 Å². The van der Waals surface area contributed by atoms with Gasteiger partial charge in [-0.2, -0.15) is 13.2 Å². The molecule has 5 heterocycles. The van der Waals surface area contributed by atoms with Crippen molar-refractivity contribution in [2.45, 2.75) is 56.3 Å². The summed E-state index contributed by atoms with van der Waals surface area (Å²) >= 11 is 5.89. The van der Waals surface area contributed by atoms with E-state index >= 15 is 0 Å². The number of pyridine rings is 1. The molecule has 0 saturated carbocycles. The van der Waals surface area contributed by atoms with Gasteiger partial charge in [-0.25, -0.2) is 9.78 Å². The number of aromatic nitrogens is 3. The van der Waals surface area contributed by atoms with Crippen molar-refractivity contribution in [3.05, 3.63) is 82.4 Å². The minimum atomic E-state index is -4.80. The van der Waals surface area contributed by atoms with Crippen LogP contribution < -0.4 is 10.1 Å². The molecule has 2 fully saturated rings. The number of aromatic carboxylic acids is 1. The van der Waals surface area contributed by atoms with Gasteiger partial charge >= 0.3 is 17.9 Å². The van der Waals surface area contributed by atoms with Crippen molar-refractivity contribution in [2.75, 3.05) is 25.0 Å². The summed E-state index contributed by atoms with van der Waals surface area (Å²) in [7, 11) is 0. The SMILES string of the molecule is O=C(O)c1ccc2nc(CN3CCC(c4cccc5c4NC(c4ccc(Cl)cn4)(C(F)(F)F)O5)CC3)n(CC3CCO3)c2c1. The number of carbonyl (C=O) groups is 1. The number of likely N-dealkylation sites (tertiary alicyclic amines) is 1. The Morgan fingerprint density at radius 3 is 2.59 bits per heavy atom. The normalized spacial score (nSPS) is 22.3. The molecule has 13 heteroatoms. The standard InChI is InChI=1S/C31H29ClF3N5O4/c32-20-5-7-26(36-15-20)30(31(33,34)35)38-28-22(2-1-3-25(28)44-30)18-8-11-39(12-9-18)17-27-37-23-6-4-19(29(41)42)14-24(23)40(27)16-21-10-13-43-21/h1-7,14-15,18,21,38H,8-13,16-17H2,(H,41,42). The van der Waals surface area contributed by atoms with Crippen LogP contribution in [-0.4, -0.2) is 62.5 Å². The molecule has 2 saturated heterocycles. The number of benzene rings is 2. The molecule has 230 valence electrons. The first-order chi connectivity index (χ1) is 21.1. The first kappa shape index (κ1) is 28.9. The van der Waals surface area contributed by atoms with Gasteiger partial charge in [0, 0.05) is 12.8 Å². The van der Waals surface area contributed by atoms with Gasteiger partial charge < -0.3 is 24.5 Å². The van der Waals surface area contributed by atoms with Crippen LogP contribution in [-0.2, 0) is 23.6 Å². The number of piperidine rings is 1. The molecule has 9 nitrogen and oxygen atoms in total. The molecule has 2 atom stereocenters. The molecule has 2 aromatic carbocycles. The second-order valence-corrected chi connectivity index (χ2v) is 11.9. The number of ether oxygens (including phenoxy) is 2. The average Bonchev–Trinajstić information content (AvgIpc) is 3.54. The summed E-state index contributed by atoms with van der Waals surface area (Å²) < 4.78 is 57.0. The molecule has 0 radical (unpaired) electrons. The molecule has 3 aliphatic rings. The molecule has 7 rings (SSSR count). The van der Waals surface area contributed by atoms with Gasteiger partial charge in [-0.1, -0.05) is 23.7 Å². The number of nitrogens with zero attached hydrogens (tertiary/aromatic N) is 4. The number of alkyl halides is 3. The van der Waals surface area contributed by atoms with Crippen molar-refractivity contribution in [3.8, 4) is 5.75 Å². The number of hydrogen-bond donors (Lipinski definition) is 2. The zero-order chi connectivity index (χ0) is 30.6. The highest BCUT2D eigenvalue weighted by Crippen LogP contribution is 2.52. The molecule has 0 spiro atoms. The van der Waals surface area contributed by atoms with Gasteiger partial charge in [0.1, 0.15) is 17.3 Å². The fraction of sp³-hybridized carbons (Fsp3) is 0.387. The van der Waals surface area contributed by atoms with E-state index in [1.807, 2.05) is 6.07 Å². The Morgan fingerprint density at radius 2 is 1.93 bits per heavy atom. The van der Waals surface area contributed by atoms with E-state index in [1.54, 1.807) is 24.3 Å².